The minimum absolute atomic E-state index is 0.214. The largest absolute Gasteiger partial charge is 0.298 e. The highest BCUT2D eigenvalue weighted by atomic mass is 19.1. The second-order valence-electron chi connectivity index (χ2n) is 4.61. The van der Waals surface area contributed by atoms with E-state index in [4.69, 9.17) is 0 Å². The van der Waals surface area contributed by atoms with Gasteiger partial charge >= 0.3 is 0 Å². The number of carbonyl (C=O) groups excluding carboxylic acids is 1. The van der Waals surface area contributed by atoms with Gasteiger partial charge in [-0.25, -0.2) is 4.39 Å². The lowest BCUT2D eigenvalue weighted by atomic mass is 9.99. The third-order valence-corrected chi connectivity index (χ3v) is 2.82. The topological polar surface area (TPSA) is 34.9 Å². The van der Waals surface area contributed by atoms with E-state index in [-0.39, 0.29) is 5.92 Å². The summed E-state index contributed by atoms with van der Waals surface area (Å²) in [6.45, 7) is 4.03. The second-order valence-corrected chi connectivity index (χ2v) is 4.61. The van der Waals surface area contributed by atoms with Gasteiger partial charge in [0, 0.05) is 29.9 Å². The fraction of sp³-hybridized carbons (Fsp3) is 0.286. The van der Waals surface area contributed by atoms with Crippen molar-refractivity contribution in [3.8, 4) is 11.1 Å². The van der Waals surface area contributed by atoms with Crippen molar-refractivity contribution >= 4 is 6.29 Å². The predicted octanol–water partition coefficient (Wildman–Crippen LogP) is 3.16. The first-order valence-corrected chi connectivity index (χ1v) is 5.81. The maximum atomic E-state index is 14.0. The van der Waals surface area contributed by atoms with Gasteiger partial charge in [0.05, 0.1) is 5.69 Å². The summed E-state index contributed by atoms with van der Waals surface area (Å²) in [5.74, 6) is -0.180. The van der Waals surface area contributed by atoms with Crippen molar-refractivity contribution in [1.29, 1.82) is 0 Å². The zero-order valence-electron chi connectivity index (χ0n) is 10.6. The van der Waals surface area contributed by atoms with Crippen LogP contribution >= 0.6 is 0 Å². The smallest absolute Gasteiger partial charge is 0.150 e. The van der Waals surface area contributed by atoms with Crippen LogP contribution in [0.3, 0.4) is 0 Å². The molecule has 4 heteroatoms. The van der Waals surface area contributed by atoms with E-state index in [0.29, 0.717) is 17.4 Å². The summed E-state index contributed by atoms with van der Waals surface area (Å²) in [5, 5.41) is 4.35. The number of hydrogen-bond acceptors (Lipinski definition) is 2. The molecule has 0 aliphatic carbocycles. The summed E-state index contributed by atoms with van der Waals surface area (Å²) in [5.41, 5.74) is 2.46. The average molecular weight is 246 g/mol. The van der Waals surface area contributed by atoms with Crippen LogP contribution in [-0.4, -0.2) is 16.1 Å². The Balaban J connectivity index is 2.58. The van der Waals surface area contributed by atoms with Gasteiger partial charge in [0.2, 0.25) is 0 Å². The van der Waals surface area contributed by atoms with Gasteiger partial charge in [-0.1, -0.05) is 26.0 Å². The summed E-state index contributed by atoms with van der Waals surface area (Å²) < 4.78 is 15.7. The van der Waals surface area contributed by atoms with Crippen molar-refractivity contribution < 1.29 is 9.18 Å². The third-order valence-electron chi connectivity index (χ3n) is 2.82. The van der Waals surface area contributed by atoms with E-state index in [1.165, 1.54) is 6.07 Å². The van der Waals surface area contributed by atoms with Crippen molar-refractivity contribution in [2.45, 2.75) is 19.8 Å². The van der Waals surface area contributed by atoms with Crippen LogP contribution in [0.15, 0.2) is 24.4 Å². The van der Waals surface area contributed by atoms with Crippen LogP contribution in [0.5, 0.6) is 0 Å². The second kappa shape index (κ2) is 4.72. The van der Waals surface area contributed by atoms with Gasteiger partial charge in [-0.05, 0) is 12.0 Å². The molecule has 3 nitrogen and oxygen atoms in total. The zero-order chi connectivity index (χ0) is 13.3. The number of halogens is 1. The number of benzene rings is 1. The molecule has 18 heavy (non-hydrogen) atoms. The fourth-order valence-corrected chi connectivity index (χ4v) is 1.96. The lowest BCUT2D eigenvalue weighted by Gasteiger charge is -2.06. The van der Waals surface area contributed by atoms with Gasteiger partial charge in [-0.3, -0.25) is 9.48 Å². The average Bonchev–Trinajstić information content (AvgIpc) is 2.71. The lowest BCUT2D eigenvalue weighted by molar-refractivity contribution is 0.112. The highest BCUT2D eigenvalue weighted by molar-refractivity contribution is 5.77. The lowest BCUT2D eigenvalue weighted by Crippen LogP contribution is -1.95. The van der Waals surface area contributed by atoms with Crippen molar-refractivity contribution in [2.24, 2.45) is 7.05 Å². The molecule has 0 atom stereocenters. The Hall–Kier alpha value is -1.97. The minimum atomic E-state index is -0.394. The molecule has 1 heterocycles. The molecule has 0 radical (unpaired) electrons. The number of hydrogen-bond donors (Lipinski definition) is 0. The third kappa shape index (κ3) is 2.18. The summed E-state index contributed by atoms with van der Waals surface area (Å²) in [4.78, 5) is 10.6. The van der Waals surface area contributed by atoms with Crippen LogP contribution in [0.2, 0.25) is 0 Å². The van der Waals surface area contributed by atoms with Gasteiger partial charge in [-0.2, -0.15) is 5.10 Å². The molecule has 0 spiro atoms. The highest BCUT2D eigenvalue weighted by Gasteiger charge is 2.16. The van der Waals surface area contributed by atoms with E-state index >= 15 is 0 Å². The standard InChI is InChI=1S/C14H15FN2O/c1-9(2)14-12(7-17(3)16-14)11-5-4-10(8-18)6-13(11)15/h4-9H,1-3H3. The van der Waals surface area contributed by atoms with Crippen LogP contribution in [0.25, 0.3) is 11.1 Å². The number of carbonyl (C=O) groups is 1. The van der Waals surface area contributed by atoms with E-state index < -0.39 is 5.82 Å². The Bertz CT molecular complexity index is 587. The predicted molar refractivity (Wildman–Crippen MR) is 68.1 cm³/mol. The molecule has 0 aliphatic heterocycles. The van der Waals surface area contributed by atoms with Crippen LogP contribution in [0.1, 0.15) is 35.8 Å². The van der Waals surface area contributed by atoms with Crippen LogP contribution in [0, 0.1) is 5.82 Å². The normalized spacial score (nSPS) is 10.9. The number of nitrogens with zero attached hydrogens (tertiary/aromatic N) is 2. The monoisotopic (exact) mass is 246 g/mol. The summed E-state index contributed by atoms with van der Waals surface area (Å²) in [6.07, 6.45) is 2.44. The van der Waals surface area contributed by atoms with Gasteiger partial charge in [-0.15, -0.1) is 0 Å². The minimum Gasteiger partial charge on any atom is -0.298 e. The van der Waals surface area contributed by atoms with E-state index in [1.54, 1.807) is 23.0 Å². The summed E-state index contributed by atoms with van der Waals surface area (Å²) >= 11 is 0. The van der Waals surface area contributed by atoms with Crippen molar-refractivity contribution in [3.63, 3.8) is 0 Å². The first kappa shape index (κ1) is 12.5. The van der Waals surface area contributed by atoms with Gasteiger partial charge < -0.3 is 0 Å². The molecule has 0 N–H and O–H groups in total. The molecule has 0 unspecified atom stereocenters. The number of rotatable bonds is 3. The number of aldehydes is 1. The molecule has 94 valence electrons. The van der Waals surface area contributed by atoms with E-state index in [0.717, 1.165) is 11.3 Å². The first-order chi connectivity index (χ1) is 8.52. The molecule has 1 aromatic heterocycles. The molecule has 0 aliphatic rings. The van der Waals surface area contributed by atoms with E-state index in [1.807, 2.05) is 20.9 Å². The number of aromatic nitrogens is 2. The fourth-order valence-electron chi connectivity index (χ4n) is 1.96. The van der Waals surface area contributed by atoms with Crippen molar-refractivity contribution in [3.05, 3.63) is 41.5 Å². The SMILES string of the molecule is CC(C)c1nn(C)cc1-c1ccc(C=O)cc1F. The molecule has 0 amide bonds. The molecule has 0 fully saturated rings. The molecule has 2 rings (SSSR count). The van der Waals surface area contributed by atoms with Crippen molar-refractivity contribution in [1.82, 2.24) is 9.78 Å². The quantitative estimate of drug-likeness (QED) is 0.780. The Labute approximate surface area is 105 Å². The van der Waals surface area contributed by atoms with Crippen LogP contribution in [-0.2, 0) is 7.05 Å². The Morgan fingerprint density at radius 3 is 2.61 bits per heavy atom. The molecule has 0 saturated carbocycles. The van der Waals surface area contributed by atoms with E-state index in [2.05, 4.69) is 5.10 Å². The molecular formula is C14H15FN2O. The van der Waals surface area contributed by atoms with Crippen LogP contribution in [0.4, 0.5) is 4.39 Å². The maximum absolute atomic E-state index is 14.0. The maximum Gasteiger partial charge on any atom is 0.150 e. The highest BCUT2D eigenvalue weighted by Crippen LogP contribution is 2.30. The Morgan fingerprint density at radius 2 is 2.06 bits per heavy atom. The molecule has 0 saturated heterocycles. The zero-order valence-corrected chi connectivity index (χ0v) is 10.6. The van der Waals surface area contributed by atoms with E-state index in [9.17, 15) is 9.18 Å². The molecule has 1 aromatic carbocycles. The van der Waals surface area contributed by atoms with Gasteiger partial charge in [0.1, 0.15) is 12.1 Å². The summed E-state index contributed by atoms with van der Waals surface area (Å²) in [6, 6.07) is 4.49. The summed E-state index contributed by atoms with van der Waals surface area (Å²) in [7, 11) is 1.81. The van der Waals surface area contributed by atoms with Crippen LogP contribution < -0.4 is 0 Å². The Kier molecular flexibility index (Phi) is 3.28. The molecular weight excluding hydrogens is 231 g/mol. The van der Waals surface area contributed by atoms with Gasteiger partial charge in [0.15, 0.2) is 0 Å². The number of aryl methyl sites for hydroxylation is 1. The Morgan fingerprint density at radius 1 is 1.33 bits per heavy atom. The first-order valence-electron chi connectivity index (χ1n) is 5.81. The molecule has 0 bridgehead atoms. The molecule has 2 aromatic rings. The van der Waals surface area contributed by atoms with Crippen molar-refractivity contribution in [2.75, 3.05) is 0 Å². The van der Waals surface area contributed by atoms with Gasteiger partial charge in [0.25, 0.3) is 0 Å².